The number of nitrogens with zero attached hydrogens (tertiary/aromatic N) is 4. The lowest BCUT2D eigenvalue weighted by atomic mass is 10.2. The molecule has 0 saturated heterocycles. The summed E-state index contributed by atoms with van der Waals surface area (Å²) in [6, 6.07) is 3.72. The highest BCUT2D eigenvalue weighted by atomic mass is 16.5. The Labute approximate surface area is 142 Å². The molecule has 2 rings (SSSR count). The van der Waals surface area contributed by atoms with Crippen LogP contribution in [-0.2, 0) is 17.8 Å². The monoisotopic (exact) mass is 332 g/mol. The number of carbonyl (C=O) groups excluding carboxylic acids is 1. The van der Waals surface area contributed by atoms with Crippen LogP contribution in [0, 0.1) is 6.92 Å². The molecule has 0 radical (unpaired) electrons. The Bertz CT molecular complexity index is 697. The fourth-order valence-corrected chi connectivity index (χ4v) is 2.10. The Balaban J connectivity index is 1.91. The molecular weight excluding hydrogens is 308 g/mol. The van der Waals surface area contributed by atoms with E-state index in [2.05, 4.69) is 15.1 Å². The van der Waals surface area contributed by atoms with Crippen molar-refractivity contribution in [3.8, 4) is 5.75 Å². The van der Waals surface area contributed by atoms with Crippen LogP contribution in [0.5, 0.6) is 5.75 Å². The molecule has 0 atom stereocenters. The molecule has 0 aliphatic heterocycles. The molecule has 0 saturated carbocycles. The van der Waals surface area contributed by atoms with E-state index in [4.69, 9.17) is 9.26 Å². The second kappa shape index (κ2) is 7.90. The van der Waals surface area contributed by atoms with Crippen LogP contribution >= 0.6 is 0 Å². The van der Waals surface area contributed by atoms with E-state index in [-0.39, 0.29) is 25.0 Å². The highest BCUT2D eigenvalue weighted by Gasteiger charge is 2.16. The molecular formula is C17H24N4O3. The number of amides is 1. The summed E-state index contributed by atoms with van der Waals surface area (Å²) in [5, 5.41) is 3.88. The zero-order valence-electron chi connectivity index (χ0n) is 14.9. The van der Waals surface area contributed by atoms with Gasteiger partial charge in [-0.15, -0.1) is 0 Å². The predicted octanol–water partition coefficient (Wildman–Crippen LogP) is 2.50. The van der Waals surface area contributed by atoms with Crippen LogP contribution in [0.2, 0.25) is 0 Å². The van der Waals surface area contributed by atoms with Crippen LogP contribution in [0.25, 0.3) is 0 Å². The number of hydrogen-bond donors (Lipinski definition) is 0. The molecule has 0 unspecified atom stereocenters. The molecule has 2 aromatic rings. The predicted molar refractivity (Wildman–Crippen MR) is 88.7 cm³/mol. The van der Waals surface area contributed by atoms with Crippen molar-refractivity contribution >= 4 is 5.91 Å². The fourth-order valence-electron chi connectivity index (χ4n) is 2.10. The van der Waals surface area contributed by atoms with Crippen molar-refractivity contribution in [2.24, 2.45) is 0 Å². The van der Waals surface area contributed by atoms with Crippen LogP contribution in [0.3, 0.4) is 0 Å². The summed E-state index contributed by atoms with van der Waals surface area (Å²) in [4.78, 5) is 22.4. The van der Waals surface area contributed by atoms with Gasteiger partial charge in [0.1, 0.15) is 5.75 Å². The molecule has 7 nitrogen and oxygen atoms in total. The van der Waals surface area contributed by atoms with Crippen LogP contribution in [-0.4, -0.2) is 39.6 Å². The number of aryl methyl sites for hydroxylation is 2. The molecule has 1 amide bonds. The number of carbonyl (C=O) groups is 1. The van der Waals surface area contributed by atoms with Gasteiger partial charge in [0.15, 0.2) is 12.4 Å². The Kier molecular flexibility index (Phi) is 5.89. The molecule has 7 heteroatoms. The maximum Gasteiger partial charge on any atom is 0.260 e. The molecule has 0 aliphatic carbocycles. The first-order valence-electron chi connectivity index (χ1n) is 8.06. The first-order chi connectivity index (χ1) is 11.4. The van der Waals surface area contributed by atoms with E-state index < -0.39 is 0 Å². The Morgan fingerprint density at radius 3 is 2.71 bits per heavy atom. The van der Waals surface area contributed by atoms with Gasteiger partial charge in [0.2, 0.25) is 5.89 Å². The summed E-state index contributed by atoms with van der Waals surface area (Å²) < 4.78 is 10.8. The molecule has 130 valence electrons. The molecule has 0 fully saturated rings. The molecule has 2 heterocycles. The average Bonchev–Trinajstić information content (AvgIpc) is 3.01. The number of hydrogen-bond acceptors (Lipinski definition) is 6. The van der Waals surface area contributed by atoms with Crippen LogP contribution in [0.4, 0.5) is 0 Å². The van der Waals surface area contributed by atoms with E-state index >= 15 is 0 Å². The average molecular weight is 332 g/mol. The summed E-state index contributed by atoms with van der Waals surface area (Å²) in [6.45, 7) is 8.11. The molecule has 0 aliphatic rings. The minimum atomic E-state index is -0.159. The number of ether oxygens (including phenoxy) is 1. The van der Waals surface area contributed by atoms with Gasteiger partial charge in [0.05, 0.1) is 12.2 Å². The van der Waals surface area contributed by atoms with Crippen molar-refractivity contribution < 1.29 is 14.1 Å². The topological polar surface area (TPSA) is 81.4 Å². The Hall–Kier alpha value is -2.44. The summed E-state index contributed by atoms with van der Waals surface area (Å²) in [7, 11) is 1.69. The highest BCUT2D eigenvalue weighted by molar-refractivity contribution is 5.77. The lowest BCUT2D eigenvalue weighted by Crippen LogP contribution is -2.31. The van der Waals surface area contributed by atoms with Crippen molar-refractivity contribution in [3.63, 3.8) is 0 Å². The lowest BCUT2D eigenvalue weighted by Gasteiger charge is -2.16. The maximum atomic E-state index is 12.2. The van der Waals surface area contributed by atoms with Crippen LogP contribution in [0.15, 0.2) is 16.7 Å². The van der Waals surface area contributed by atoms with E-state index in [1.807, 2.05) is 39.8 Å². The van der Waals surface area contributed by atoms with Crippen molar-refractivity contribution in [3.05, 3.63) is 35.2 Å². The van der Waals surface area contributed by atoms with E-state index in [0.717, 1.165) is 17.8 Å². The number of likely N-dealkylation sites (N-methyl/N-ethyl adjacent to an activating group) is 1. The minimum absolute atomic E-state index is 0.0525. The van der Waals surface area contributed by atoms with Crippen molar-refractivity contribution in [1.29, 1.82) is 0 Å². The first-order valence-corrected chi connectivity index (χ1v) is 8.06. The van der Waals surface area contributed by atoms with Gasteiger partial charge in [0.25, 0.3) is 5.91 Å². The Morgan fingerprint density at radius 1 is 1.33 bits per heavy atom. The molecule has 0 N–H and O–H groups in total. The van der Waals surface area contributed by atoms with E-state index in [0.29, 0.717) is 17.5 Å². The van der Waals surface area contributed by atoms with E-state index in [1.54, 1.807) is 7.05 Å². The smallest absolute Gasteiger partial charge is 0.260 e. The third-order valence-electron chi connectivity index (χ3n) is 3.54. The van der Waals surface area contributed by atoms with Crippen LogP contribution < -0.4 is 4.74 Å². The molecule has 2 aromatic heterocycles. The van der Waals surface area contributed by atoms with Gasteiger partial charge in [-0.05, 0) is 25.5 Å². The summed E-state index contributed by atoms with van der Waals surface area (Å²) in [5.74, 6) is 1.71. The largest absolute Gasteiger partial charge is 0.482 e. The van der Waals surface area contributed by atoms with Crippen molar-refractivity contribution in [2.45, 2.75) is 46.6 Å². The highest BCUT2D eigenvalue weighted by Crippen LogP contribution is 2.17. The molecule has 0 aromatic carbocycles. The van der Waals surface area contributed by atoms with Gasteiger partial charge >= 0.3 is 0 Å². The summed E-state index contributed by atoms with van der Waals surface area (Å²) in [6.07, 6.45) is 0.752. The normalized spacial score (nSPS) is 10.9. The number of rotatable bonds is 7. The van der Waals surface area contributed by atoms with E-state index in [1.165, 1.54) is 4.90 Å². The third-order valence-corrected chi connectivity index (χ3v) is 3.54. The molecule has 0 bridgehead atoms. The third kappa shape index (κ3) is 4.53. The lowest BCUT2D eigenvalue weighted by molar-refractivity contribution is -0.132. The van der Waals surface area contributed by atoms with Gasteiger partial charge in [-0.2, -0.15) is 4.98 Å². The van der Waals surface area contributed by atoms with Crippen molar-refractivity contribution in [1.82, 2.24) is 20.0 Å². The zero-order chi connectivity index (χ0) is 17.7. The second-order valence-corrected chi connectivity index (χ2v) is 5.99. The van der Waals surface area contributed by atoms with E-state index in [9.17, 15) is 4.79 Å². The summed E-state index contributed by atoms with van der Waals surface area (Å²) in [5.41, 5.74) is 1.78. The standard InChI is InChI=1S/C17H24N4O3/c1-6-13-14(8-7-12(4)18-13)23-10-16(22)21(5)9-15-19-17(11(2)3)24-20-15/h7-8,11H,6,9-10H2,1-5H3. The second-order valence-electron chi connectivity index (χ2n) is 5.99. The minimum Gasteiger partial charge on any atom is -0.482 e. The van der Waals surface area contributed by atoms with Gasteiger partial charge in [-0.1, -0.05) is 25.9 Å². The van der Waals surface area contributed by atoms with Gasteiger partial charge in [0, 0.05) is 18.7 Å². The Morgan fingerprint density at radius 2 is 2.08 bits per heavy atom. The van der Waals surface area contributed by atoms with Gasteiger partial charge in [-0.25, -0.2) is 0 Å². The maximum absolute atomic E-state index is 12.2. The zero-order valence-corrected chi connectivity index (χ0v) is 14.9. The number of pyridine rings is 1. The first kappa shape index (κ1) is 17.9. The van der Waals surface area contributed by atoms with Crippen LogP contribution in [0.1, 0.15) is 49.8 Å². The summed E-state index contributed by atoms with van der Waals surface area (Å²) >= 11 is 0. The van der Waals surface area contributed by atoms with Gasteiger partial charge < -0.3 is 14.2 Å². The van der Waals surface area contributed by atoms with Crippen molar-refractivity contribution in [2.75, 3.05) is 13.7 Å². The van der Waals surface area contributed by atoms with Gasteiger partial charge in [-0.3, -0.25) is 9.78 Å². The SMILES string of the molecule is CCc1nc(C)ccc1OCC(=O)N(C)Cc1noc(C(C)C)n1. The number of aromatic nitrogens is 3. The molecule has 24 heavy (non-hydrogen) atoms. The molecule has 0 spiro atoms. The fraction of sp³-hybridized carbons (Fsp3) is 0.529. The quantitative estimate of drug-likeness (QED) is 0.775.